The van der Waals surface area contributed by atoms with Gasteiger partial charge in [-0.05, 0) is 12.5 Å². The van der Waals surface area contributed by atoms with Gasteiger partial charge in [0.05, 0.1) is 17.7 Å². The third-order valence-corrected chi connectivity index (χ3v) is 3.76. The molecule has 0 radical (unpaired) electrons. The summed E-state index contributed by atoms with van der Waals surface area (Å²) in [6.07, 6.45) is -1.05. The standard InChI is InChI=1S/C16H17F3N4O2/c1-2-4-21-14(24)13-12(15-23(22-13)5-3-6-25-15)10-7-11(9-20-8-10)16(17,18)19/h7-9H,2-6H2,1H3,(H,21,24). The minimum atomic E-state index is -4.53. The van der Waals surface area contributed by atoms with Crippen molar-refractivity contribution in [2.24, 2.45) is 0 Å². The summed E-state index contributed by atoms with van der Waals surface area (Å²) in [6, 6.07) is 0.958. The molecule has 1 amide bonds. The lowest BCUT2D eigenvalue weighted by molar-refractivity contribution is -0.137. The molecule has 1 N–H and O–H groups in total. The monoisotopic (exact) mass is 354 g/mol. The number of amides is 1. The average Bonchev–Trinajstić information content (AvgIpc) is 2.98. The van der Waals surface area contributed by atoms with Gasteiger partial charge in [-0.1, -0.05) is 6.92 Å². The van der Waals surface area contributed by atoms with Crippen LogP contribution in [-0.2, 0) is 12.7 Å². The number of halogens is 3. The van der Waals surface area contributed by atoms with Crippen molar-refractivity contribution in [1.82, 2.24) is 20.1 Å². The number of hydrogen-bond donors (Lipinski definition) is 1. The first-order valence-corrected chi connectivity index (χ1v) is 7.96. The van der Waals surface area contributed by atoms with E-state index in [0.717, 1.165) is 18.7 Å². The van der Waals surface area contributed by atoms with E-state index >= 15 is 0 Å². The fourth-order valence-electron chi connectivity index (χ4n) is 2.60. The normalized spacial score (nSPS) is 13.9. The molecule has 0 saturated carbocycles. The summed E-state index contributed by atoms with van der Waals surface area (Å²) in [5.74, 6) is -0.145. The molecule has 9 heteroatoms. The van der Waals surface area contributed by atoms with E-state index in [4.69, 9.17) is 4.74 Å². The van der Waals surface area contributed by atoms with E-state index in [0.29, 0.717) is 32.0 Å². The van der Waals surface area contributed by atoms with Crippen molar-refractivity contribution in [1.29, 1.82) is 0 Å². The maximum Gasteiger partial charge on any atom is 0.417 e. The van der Waals surface area contributed by atoms with Crippen LogP contribution in [0.2, 0.25) is 0 Å². The zero-order valence-electron chi connectivity index (χ0n) is 13.6. The van der Waals surface area contributed by atoms with Gasteiger partial charge in [-0.2, -0.15) is 18.3 Å². The molecule has 25 heavy (non-hydrogen) atoms. The molecule has 0 unspecified atom stereocenters. The Kier molecular flexibility index (Phi) is 4.65. The fraction of sp³-hybridized carbons (Fsp3) is 0.438. The van der Waals surface area contributed by atoms with E-state index in [1.165, 1.54) is 10.9 Å². The van der Waals surface area contributed by atoms with Crippen molar-refractivity contribution in [2.75, 3.05) is 13.2 Å². The number of hydrogen-bond acceptors (Lipinski definition) is 4. The topological polar surface area (TPSA) is 69.0 Å². The first-order chi connectivity index (χ1) is 11.9. The first kappa shape index (κ1) is 17.2. The van der Waals surface area contributed by atoms with Gasteiger partial charge in [-0.15, -0.1) is 0 Å². The Morgan fingerprint density at radius 3 is 2.92 bits per heavy atom. The highest BCUT2D eigenvalue weighted by Crippen LogP contribution is 2.38. The number of carbonyl (C=O) groups is 1. The van der Waals surface area contributed by atoms with Crippen LogP contribution < -0.4 is 10.1 Å². The highest BCUT2D eigenvalue weighted by molar-refractivity contribution is 6.00. The molecule has 0 fully saturated rings. The van der Waals surface area contributed by atoms with Gasteiger partial charge in [0.2, 0.25) is 5.88 Å². The molecule has 0 spiro atoms. The van der Waals surface area contributed by atoms with Crippen LogP contribution in [0, 0.1) is 0 Å². The van der Waals surface area contributed by atoms with Crippen LogP contribution in [0.3, 0.4) is 0 Å². The molecule has 0 aliphatic carbocycles. The molecule has 3 heterocycles. The highest BCUT2D eigenvalue weighted by atomic mass is 19.4. The molecule has 3 rings (SSSR count). The second-order valence-electron chi connectivity index (χ2n) is 5.67. The number of carbonyl (C=O) groups excluding carboxylic acids is 1. The minimum Gasteiger partial charge on any atom is -0.477 e. The van der Waals surface area contributed by atoms with Crippen molar-refractivity contribution in [2.45, 2.75) is 32.5 Å². The smallest absolute Gasteiger partial charge is 0.417 e. The number of ether oxygens (including phenoxy) is 1. The van der Waals surface area contributed by atoms with E-state index in [-0.39, 0.29) is 16.8 Å². The van der Waals surface area contributed by atoms with Crippen LogP contribution in [-0.4, -0.2) is 33.8 Å². The number of pyridine rings is 1. The summed E-state index contributed by atoms with van der Waals surface area (Å²) in [5, 5.41) is 6.94. The van der Waals surface area contributed by atoms with Crippen molar-refractivity contribution in [3.05, 3.63) is 29.7 Å². The van der Waals surface area contributed by atoms with Crippen LogP contribution in [0.1, 0.15) is 35.8 Å². The molecule has 1 aliphatic rings. The van der Waals surface area contributed by atoms with Crippen LogP contribution >= 0.6 is 0 Å². The van der Waals surface area contributed by atoms with Gasteiger partial charge >= 0.3 is 6.18 Å². The van der Waals surface area contributed by atoms with E-state index in [9.17, 15) is 18.0 Å². The van der Waals surface area contributed by atoms with Crippen LogP contribution in [0.15, 0.2) is 18.5 Å². The Balaban J connectivity index is 2.11. The molecule has 0 saturated heterocycles. The number of fused-ring (bicyclic) bond motifs is 1. The predicted octanol–water partition coefficient (Wildman–Crippen LogP) is 2.89. The van der Waals surface area contributed by atoms with Crippen molar-refractivity contribution < 1.29 is 22.7 Å². The Morgan fingerprint density at radius 1 is 1.40 bits per heavy atom. The fourth-order valence-corrected chi connectivity index (χ4v) is 2.60. The van der Waals surface area contributed by atoms with Crippen LogP contribution in [0.5, 0.6) is 5.88 Å². The largest absolute Gasteiger partial charge is 0.477 e. The van der Waals surface area contributed by atoms with Gasteiger partial charge in [0.1, 0.15) is 0 Å². The number of aryl methyl sites for hydroxylation is 1. The quantitative estimate of drug-likeness (QED) is 0.917. The molecule has 2 aromatic heterocycles. The summed E-state index contributed by atoms with van der Waals surface area (Å²) in [5.41, 5.74) is -0.446. The molecule has 0 atom stereocenters. The number of nitrogens with one attached hydrogen (secondary N) is 1. The van der Waals surface area contributed by atoms with Gasteiger partial charge in [0.25, 0.3) is 5.91 Å². The zero-order chi connectivity index (χ0) is 18.0. The minimum absolute atomic E-state index is 0.0477. The van der Waals surface area contributed by atoms with Crippen molar-refractivity contribution >= 4 is 5.91 Å². The lowest BCUT2D eigenvalue weighted by atomic mass is 10.1. The maximum atomic E-state index is 13.0. The van der Waals surface area contributed by atoms with Crippen LogP contribution in [0.25, 0.3) is 11.1 Å². The molecule has 6 nitrogen and oxygen atoms in total. The lowest BCUT2D eigenvalue weighted by Crippen LogP contribution is -2.25. The molecule has 1 aliphatic heterocycles. The van der Waals surface area contributed by atoms with E-state index < -0.39 is 17.6 Å². The second kappa shape index (κ2) is 6.73. The van der Waals surface area contributed by atoms with Crippen molar-refractivity contribution in [3.63, 3.8) is 0 Å². The Morgan fingerprint density at radius 2 is 2.20 bits per heavy atom. The predicted molar refractivity (Wildman–Crippen MR) is 83.2 cm³/mol. The third-order valence-electron chi connectivity index (χ3n) is 3.76. The summed E-state index contributed by atoms with van der Waals surface area (Å²) in [7, 11) is 0. The Bertz CT molecular complexity index is 786. The van der Waals surface area contributed by atoms with Crippen LogP contribution in [0.4, 0.5) is 13.2 Å². The van der Waals surface area contributed by atoms with E-state index in [1.807, 2.05) is 6.92 Å². The lowest BCUT2D eigenvalue weighted by Gasteiger charge is -2.16. The number of aromatic nitrogens is 3. The third kappa shape index (κ3) is 3.45. The highest BCUT2D eigenvalue weighted by Gasteiger charge is 2.33. The SMILES string of the molecule is CCCNC(=O)c1nn2c(c1-c1cncc(C(F)(F)F)c1)OCCC2. The van der Waals surface area contributed by atoms with E-state index in [1.54, 1.807) is 0 Å². The molecular formula is C16H17F3N4O2. The maximum absolute atomic E-state index is 13.0. The van der Waals surface area contributed by atoms with E-state index in [2.05, 4.69) is 15.4 Å². The van der Waals surface area contributed by atoms with Gasteiger partial charge < -0.3 is 10.1 Å². The summed E-state index contributed by atoms with van der Waals surface area (Å²) in [6.45, 7) is 3.30. The average molecular weight is 354 g/mol. The van der Waals surface area contributed by atoms with Crippen molar-refractivity contribution in [3.8, 4) is 17.0 Å². The Labute approximate surface area is 142 Å². The van der Waals surface area contributed by atoms with Gasteiger partial charge in [-0.25, -0.2) is 4.68 Å². The molecule has 0 aromatic carbocycles. The van der Waals surface area contributed by atoms with Gasteiger partial charge in [-0.3, -0.25) is 9.78 Å². The summed E-state index contributed by atoms with van der Waals surface area (Å²) < 4.78 is 46.1. The summed E-state index contributed by atoms with van der Waals surface area (Å²) in [4.78, 5) is 16.1. The van der Waals surface area contributed by atoms with Gasteiger partial charge in [0, 0.05) is 37.5 Å². The molecular weight excluding hydrogens is 337 g/mol. The molecule has 134 valence electrons. The number of alkyl halides is 3. The molecule has 2 aromatic rings. The number of rotatable bonds is 4. The summed E-state index contributed by atoms with van der Waals surface area (Å²) >= 11 is 0. The first-order valence-electron chi connectivity index (χ1n) is 7.96. The Hall–Kier alpha value is -2.58. The second-order valence-corrected chi connectivity index (χ2v) is 5.67. The zero-order valence-corrected chi connectivity index (χ0v) is 13.6. The number of nitrogens with zero attached hydrogens (tertiary/aromatic N) is 3. The molecule has 0 bridgehead atoms. The van der Waals surface area contributed by atoms with Gasteiger partial charge in [0.15, 0.2) is 5.69 Å².